The minimum Gasteiger partial charge on any atom is -0.493 e. The number of carboxylic acids is 1. The SMILES string of the molecule is COc1ccc(-c2noc([C@H](C)O)c2C(=O)O)cc1OC. The standard InChI is InChI=1S/C14H15NO6/c1-7(16)13-11(14(17)18)12(15-21-13)8-4-5-9(19-2)10(6-8)20-3/h4-7,16H,1-3H3,(H,17,18)/t7-/m0/s1. The number of aromatic nitrogens is 1. The molecule has 1 aromatic carbocycles. The van der Waals surface area contributed by atoms with Gasteiger partial charge in [0.05, 0.1) is 14.2 Å². The molecule has 0 aliphatic rings. The molecule has 21 heavy (non-hydrogen) atoms. The van der Waals surface area contributed by atoms with Crippen molar-refractivity contribution in [3.8, 4) is 22.8 Å². The number of rotatable bonds is 5. The lowest BCUT2D eigenvalue weighted by atomic mass is 10.0. The van der Waals surface area contributed by atoms with Crippen LogP contribution in [0.5, 0.6) is 11.5 Å². The van der Waals surface area contributed by atoms with E-state index < -0.39 is 12.1 Å². The lowest BCUT2D eigenvalue weighted by Crippen LogP contribution is -2.03. The Bertz CT molecular complexity index is 661. The lowest BCUT2D eigenvalue weighted by Gasteiger charge is -2.08. The minimum absolute atomic E-state index is 0.0905. The Hall–Kier alpha value is -2.54. The summed E-state index contributed by atoms with van der Waals surface area (Å²) in [6.45, 7) is 1.41. The highest BCUT2D eigenvalue weighted by molar-refractivity contribution is 5.96. The summed E-state index contributed by atoms with van der Waals surface area (Å²) in [6, 6.07) is 4.86. The van der Waals surface area contributed by atoms with Crippen LogP contribution in [0.2, 0.25) is 0 Å². The molecule has 2 aromatic rings. The number of ether oxygens (including phenoxy) is 2. The summed E-state index contributed by atoms with van der Waals surface area (Å²) < 4.78 is 15.2. The Morgan fingerprint density at radius 3 is 2.48 bits per heavy atom. The highest BCUT2D eigenvalue weighted by Gasteiger charge is 2.26. The van der Waals surface area contributed by atoms with Gasteiger partial charge in [-0.05, 0) is 25.1 Å². The fraction of sp³-hybridized carbons (Fsp3) is 0.286. The zero-order valence-corrected chi connectivity index (χ0v) is 11.8. The van der Waals surface area contributed by atoms with Crippen LogP contribution in [0.15, 0.2) is 22.7 Å². The van der Waals surface area contributed by atoms with Crippen molar-refractivity contribution in [3.63, 3.8) is 0 Å². The molecular weight excluding hydrogens is 278 g/mol. The summed E-state index contributed by atoms with van der Waals surface area (Å²) in [5.74, 6) is -0.366. The van der Waals surface area contributed by atoms with Crippen LogP contribution in [0, 0.1) is 0 Å². The number of aliphatic hydroxyl groups is 1. The zero-order valence-electron chi connectivity index (χ0n) is 11.8. The third-order valence-corrected chi connectivity index (χ3v) is 2.97. The van der Waals surface area contributed by atoms with Crippen molar-refractivity contribution >= 4 is 5.97 Å². The Balaban J connectivity index is 2.59. The molecule has 112 valence electrons. The second kappa shape index (κ2) is 5.84. The van der Waals surface area contributed by atoms with Gasteiger partial charge in [-0.1, -0.05) is 5.16 Å². The monoisotopic (exact) mass is 293 g/mol. The van der Waals surface area contributed by atoms with Crippen LogP contribution in [-0.2, 0) is 0 Å². The number of carbonyl (C=O) groups is 1. The third kappa shape index (κ3) is 2.68. The summed E-state index contributed by atoms with van der Waals surface area (Å²) in [4.78, 5) is 11.4. The van der Waals surface area contributed by atoms with Crippen molar-refractivity contribution in [2.45, 2.75) is 13.0 Å². The van der Waals surface area contributed by atoms with Crippen molar-refractivity contribution in [1.82, 2.24) is 5.16 Å². The van der Waals surface area contributed by atoms with Crippen molar-refractivity contribution in [1.29, 1.82) is 0 Å². The predicted molar refractivity (Wildman–Crippen MR) is 72.6 cm³/mol. The normalized spacial score (nSPS) is 12.0. The van der Waals surface area contributed by atoms with E-state index in [4.69, 9.17) is 14.0 Å². The van der Waals surface area contributed by atoms with Crippen molar-refractivity contribution in [2.24, 2.45) is 0 Å². The van der Waals surface area contributed by atoms with Crippen LogP contribution in [0.25, 0.3) is 11.3 Å². The van der Waals surface area contributed by atoms with Gasteiger partial charge in [0.25, 0.3) is 0 Å². The first-order valence-corrected chi connectivity index (χ1v) is 6.13. The molecule has 0 aliphatic carbocycles. The number of hydrogen-bond acceptors (Lipinski definition) is 6. The molecule has 7 nitrogen and oxygen atoms in total. The first-order chi connectivity index (χ1) is 9.99. The Morgan fingerprint density at radius 1 is 1.29 bits per heavy atom. The summed E-state index contributed by atoms with van der Waals surface area (Å²) in [7, 11) is 2.98. The molecule has 0 aliphatic heterocycles. The quantitative estimate of drug-likeness (QED) is 0.870. The maximum absolute atomic E-state index is 11.4. The number of benzene rings is 1. The number of aromatic carboxylic acids is 1. The fourth-order valence-electron chi connectivity index (χ4n) is 1.98. The molecule has 0 bridgehead atoms. The van der Waals surface area contributed by atoms with Gasteiger partial charge in [0, 0.05) is 5.56 Å². The van der Waals surface area contributed by atoms with E-state index >= 15 is 0 Å². The molecule has 0 amide bonds. The second-order valence-corrected chi connectivity index (χ2v) is 4.32. The Labute approximate surface area is 120 Å². The molecule has 0 saturated carbocycles. The number of nitrogens with zero attached hydrogens (tertiary/aromatic N) is 1. The van der Waals surface area contributed by atoms with E-state index in [0.29, 0.717) is 17.1 Å². The molecular formula is C14H15NO6. The van der Waals surface area contributed by atoms with Gasteiger partial charge < -0.3 is 24.2 Å². The number of aliphatic hydroxyl groups excluding tert-OH is 1. The van der Waals surface area contributed by atoms with Crippen LogP contribution in [0.4, 0.5) is 0 Å². The molecule has 2 N–H and O–H groups in total. The molecule has 1 heterocycles. The molecule has 7 heteroatoms. The maximum Gasteiger partial charge on any atom is 0.341 e. The van der Waals surface area contributed by atoms with E-state index in [9.17, 15) is 15.0 Å². The smallest absolute Gasteiger partial charge is 0.341 e. The van der Waals surface area contributed by atoms with E-state index in [1.54, 1.807) is 18.2 Å². The van der Waals surface area contributed by atoms with Gasteiger partial charge >= 0.3 is 5.97 Å². The van der Waals surface area contributed by atoms with Gasteiger partial charge in [-0.2, -0.15) is 0 Å². The van der Waals surface area contributed by atoms with Gasteiger partial charge in [0.2, 0.25) is 0 Å². The van der Waals surface area contributed by atoms with Crippen LogP contribution in [0.3, 0.4) is 0 Å². The zero-order chi connectivity index (χ0) is 15.6. The largest absolute Gasteiger partial charge is 0.493 e. The van der Waals surface area contributed by atoms with E-state index in [2.05, 4.69) is 5.16 Å². The first-order valence-electron chi connectivity index (χ1n) is 6.13. The molecule has 0 unspecified atom stereocenters. The van der Waals surface area contributed by atoms with Gasteiger partial charge in [-0.15, -0.1) is 0 Å². The van der Waals surface area contributed by atoms with Crippen LogP contribution < -0.4 is 9.47 Å². The predicted octanol–water partition coefficient (Wildman–Crippen LogP) is 2.11. The van der Waals surface area contributed by atoms with Gasteiger partial charge in [0.1, 0.15) is 17.4 Å². The second-order valence-electron chi connectivity index (χ2n) is 4.32. The molecule has 0 fully saturated rings. The molecule has 1 atom stereocenters. The summed E-state index contributed by atoms with van der Waals surface area (Å²) in [6.07, 6.45) is -1.07. The van der Waals surface area contributed by atoms with E-state index in [1.807, 2.05) is 0 Å². The molecule has 1 aromatic heterocycles. The highest BCUT2D eigenvalue weighted by Crippen LogP contribution is 2.35. The summed E-state index contributed by atoms with van der Waals surface area (Å²) in [5, 5.41) is 22.6. The average molecular weight is 293 g/mol. The topological polar surface area (TPSA) is 102 Å². The molecule has 2 rings (SSSR count). The van der Waals surface area contributed by atoms with E-state index in [1.165, 1.54) is 21.1 Å². The molecule has 0 radical (unpaired) electrons. The first kappa shape index (κ1) is 14.9. The Kier molecular flexibility index (Phi) is 4.13. The lowest BCUT2D eigenvalue weighted by molar-refractivity contribution is 0.0685. The van der Waals surface area contributed by atoms with Crippen molar-refractivity contribution < 1.29 is 29.0 Å². The van der Waals surface area contributed by atoms with Crippen molar-refractivity contribution in [2.75, 3.05) is 14.2 Å². The average Bonchev–Trinajstić information content (AvgIpc) is 2.91. The van der Waals surface area contributed by atoms with Crippen LogP contribution >= 0.6 is 0 Å². The van der Waals surface area contributed by atoms with E-state index in [0.717, 1.165) is 0 Å². The number of methoxy groups -OCH3 is 2. The summed E-state index contributed by atoms with van der Waals surface area (Å²) in [5.41, 5.74) is 0.442. The van der Waals surface area contributed by atoms with E-state index in [-0.39, 0.29) is 17.0 Å². The number of carboxylic acid groups (broad SMARTS) is 1. The summed E-state index contributed by atoms with van der Waals surface area (Å²) >= 11 is 0. The van der Waals surface area contributed by atoms with Crippen LogP contribution in [-0.4, -0.2) is 35.6 Å². The van der Waals surface area contributed by atoms with Crippen LogP contribution in [0.1, 0.15) is 29.1 Å². The fourth-order valence-corrected chi connectivity index (χ4v) is 1.98. The highest BCUT2D eigenvalue weighted by atomic mass is 16.5. The number of hydrogen-bond donors (Lipinski definition) is 2. The molecule has 0 spiro atoms. The maximum atomic E-state index is 11.4. The Morgan fingerprint density at radius 2 is 1.95 bits per heavy atom. The van der Waals surface area contributed by atoms with Crippen molar-refractivity contribution in [3.05, 3.63) is 29.5 Å². The molecule has 0 saturated heterocycles. The van der Waals surface area contributed by atoms with Gasteiger partial charge in [0.15, 0.2) is 17.3 Å². The van der Waals surface area contributed by atoms with Gasteiger partial charge in [-0.25, -0.2) is 4.79 Å². The van der Waals surface area contributed by atoms with Gasteiger partial charge in [-0.3, -0.25) is 0 Å². The minimum atomic E-state index is -1.23. The third-order valence-electron chi connectivity index (χ3n) is 2.97.